The first-order valence-corrected chi connectivity index (χ1v) is 7.49. The standard InChI is InChI=1S/C14H21N3O3/c18-12(9-15-14(20)13(19)10-1-2-10)17-7-5-16(6-8-17)11-3-4-11/h10-11H,1-9H2,(H,15,20). The van der Waals surface area contributed by atoms with Crippen molar-refractivity contribution in [2.24, 2.45) is 5.92 Å². The predicted octanol–water partition coefficient (Wildman–Crippen LogP) is -0.612. The van der Waals surface area contributed by atoms with Gasteiger partial charge < -0.3 is 10.2 Å². The number of carbonyl (C=O) groups is 3. The van der Waals surface area contributed by atoms with E-state index in [0.29, 0.717) is 0 Å². The number of rotatable bonds is 5. The van der Waals surface area contributed by atoms with E-state index in [1.165, 1.54) is 12.8 Å². The number of ketones is 1. The van der Waals surface area contributed by atoms with Crippen LogP contribution in [0.4, 0.5) is 0 Å². The van der Waals surface area contributed by atoms with E-state index in [4.69, 9.17) is 0 Å². The summed E-state index contributed by atoms with van der Waals surface area (Å²) >= 11 is 0. The Hall–Kier alpha value is -1.43. The molecule has 3 rings (SSSR count). The molecule has 0 spiro atoms. The van der Waals surface area contributed by atoms with Crippen molar-refractivity contribution < 1.29 is 14.4 Å². The summed E-state index contributed by atoms with van der Waals surface area (Å²) in [5.41, 5.74) is 0. The normalized spacial score (nSPS) is 23.5. The smallest absolute Gasteiger partial charge is 0.288 e. The van der Waals surface area contributed by atoms with Gasteiger partial charge in [-0.15, -0.1) is 0 Å². The van der Waals surface area contributed by atoms with Gasteiger partial charge in [0.2, 0.25) is 11.7 Å². The number of amides is 2. The van der Waals surface area contributed by atoms with E-state index >= 15 is 0 Å². The summed E-state index contributed by atoms with van der Waals surface area (Å²) in [4.78, 5) is 39.2. The van der Waals surface area contributed by atoms with Crippen LogP contribution in [0.5, 0.6) is 0 Å². The van der Waals surface area contributed by atoms with Crippen LogP contribution >= 0.6 is 0 Å². The molecule has 1 heterocycles. The van der Waals surface area contributed by atoms with Crippen molar-refractivity contribution in [3.05, 3.63) is 0 Å². The third-order valence-electron chi connectivity index (χ3n) is 4.30. The highest BCUT2D eigenvalue weighted by Crippen LogP contribution is 2.29. The molecular formula is C14H21N3O3. The summed E-state index contributed by atoms with van der Waals surface area (Å²) in [6.45, 7) is 3.24. The third-order valence-corrected chi connectivity index (χ3v) is 4.30. The number of nitrogens with one attached hydrogen (secondary N) is 1. The Kier molecular flexibility index (Phi) is 3.74. The molecule has 2 aliphatic carbocycles. The Morgan fingerprint density at radius 2 is 1.60 bits per heavy atom. The maximum absolute atomic E-state index is 12.0. The minimum absolute atomic E-state index is 0.0548. The molecule has 0 bridgehead atoms. The lowest BCUT2D eigenvalue weighted by molar-refractivity contribution is -0.140. The average molecular weight is 279 g/mol. The Balaban J connectivity index is 1.38. The zero-order chi connectivity index (χ0) is 14.1. The molecule has 0 unspecified atom stereocenters. The molecule has 3 fully saturated rings. The number of Topliss-reactive ketones (excluding diaryl/α,β-unsaturated/α-hetero) is 1. The van der Waals surface area contributed by atoms with Gasteiger partial charge in [0.1, 0.15) is 0 Å². The van der Waals surface area contributed by atoms with Gasteiger partial charge in [0.15, 0.2) is 0 Å². The lowest BCUT2D eigenvalue weighted by Gasteiger charge is -2.34. The lowest BCUT2D eigenvalue weighted by atomic mass is 10.2. The van der Waals surface area contributed by atoms with Crippen LogP contribution in [0.2, 0.25) is 0 Å². The summed E-state index contributed by atoms with van der Waals surface area (Å²) in [7, 11) is 0. The molecule has 1 N–H and O–H groups in total. The van der Waals surface area contributed by atoms with Crippen LogP contribution in [0.3, 0.4) is 0 Å². The van der Waals surface area contributed by atoms with Gasteiger partial charge in [-0.3, -0.25) is 19.3 Å². The van der Waals surface area contributed by atoms with E-state index in [2.05, 4.69) is 10.2 Å². The molecule has 6 heteroatoms. The monoisotopic (exact) mass is 279 g/mol. The fraction of sp³-hybridized carbons (Fsp3) is 0.786. The SMILES string of the molecule is O=C(NCC(=O)N1CCN(C2CC2)CC1)C(=O)C1CC1. The van der Waals surface area contributed by atoms with Crippen LogP contribution in [0.1, 0.15) is 25.7 Å². The molecule has 0 radical (unpaired) electrons. The van der Waals surface area contributed by atoms with Crippen LogP contribution in [0, 0.1) is 5.92 Å². The third kappa shape index (κ3) is 3.17. The number of nitrogens with zero attached hydrogens (tertiary/aromatic N) is 2. The fourth-order valence-electron chi connectivity index (χ4n) is 2.66. The van der Waals surface area contributed by atoms with Crippen molar-refractivity contribution in [2.45, 2.75) is 31.7 Å². The molecule has 0 atom stereocenters. The second kappa shape index (κ2) is 5.52. The van der Waals surface area contributed by atoms with E-state index in [9.17, 15) is 14.4 Å². The maximum Gasteiger partial charge on any atom is 0.288 e. The summed E-state index contributed by atoms with van der Waals surface area (Å²) in [5, 5.41) is 2.45. The zero-order valence-corrected chi connectivity index (χ0v) is 11.6. The van der Waals surface area contributed by atoms with Gasteiger partial charge in [0.05, 0.1) is 6.54 Å². The summed E-state index contributed by atoms with van der Waals surface area (Å²) in [6.07, 6.45) is 4.19. The van der Waals surface area contributed by atoms with Crippen molar-refractivity contribution in [3.8, 4) is 0 Å². The Labute approximate surface area is 118 Å². The summed E-state index contributed by atoms with van der Waals surface area (Å²) in [5.74, 6) is -1.14. The highest BCUT2D eigenvalue weighted by Gasteiger charge is 2.35. The second-order valence-corrected chi connectivity index (χ2v) is 5.97. The van der Waals surface area contributed by atoms with Crippen molar-refractivity contribution in [1.29, 1.82) is 0 Å². The van der Waals surface area contributed by atoms with Gasteiger partial charge in [-0.25, -0.2) is 0 Å². The molecule has 1 aliphatic heterocycles. The molecule has 0 aromatic heterocycles. The first-order valence-electron chi connectivity index (χ1n) is 7.49. The molecule has 0 aromatic carbocycles. The minimum atomic E-state index is -0.600. The Morgan fingerprint density at radius 3 is 2.15 bits per heavy atom. The van der Waals surface area contributed by atoms with Gasteiger partial charge in [0.25, 0.3) is 5.91 Å². The van der Waals surface area contributed by atoms with Crippen LogP contribution < -0.4 is 5.32 Å². The van der Waals surface area contributed by atoms with Gasteiger partial charge in [0, 0.05) is 38.1 Å². The first-order chi connectivity index (χ1) is 9.65. The van der Waals surface area contributed by atoms with E-state index in [1.54, 1.807) is 4.90 Å². The molecule has 1 saturated heterocycles. The van der Waals surface area contributed by atoms with Gasteiger partial charge in [-0.1, -0.05) is 0 Å². The minimum Gasteiger partial charge on any atom is -0.340 e. The quantitative estimate of drug-likeness (QED) is 0.682. The topological polar surface area (TPSA) is 69.7 Å². The molecule has 2 saturated carbocycles. The molecule has 3 aliphatic rings. The molecule has 6 nitrogen and oxygen atoms in total. The van der Waals surface area contributed by atoms with Gasteiger partial charge in [-0.05, 0) is 25.7 Å². The van der Waals surface area contributed by atoms with E-state index in [1.807, 2.05) is 0 Å². The summed E-state index contributed by atoms with van der Waals surface area (Å²) in [6, 6.07) is 0.739. The predicted molar refractivity (Wildman–Crippen MR) is 71.9 cm³/mol. The molecule has 0 aromatic rings. The number of hydrogen-bond acceptors (Lipinski definition) is 4. The van der Waals surface area contributed by atoms with Crippen LogP contribution in [0.25, 0.3) is 0 Å². The maximum atomic E-state index is 12.0. The Bertz CT molecular complexity index is 421. The largest absolute Gasteiger partial charge is 0.340 e. The highest BCUT2D eigenvalue weighted by atomic mass is 16.2. The van der Waals surface area contributed by atoms with Gasteiger partial charge >= 0.3 is 0 Å². The molecule has 2 amide bonds. The fourth-order valence-corrected chi connectivity index (χ4v) is 2.66. The highest BCUT2D eigenvalue weighted by molar-refractivity contribution is 6.37. The second-order valence-electron chi connectivity index (χ2n) is 5.97. The number of carbonyl (C=O) groups excluding carboxylic acids is 3. The van der Waals surface area contributed by atoms with Crippen molar-refractivity contribution in [3.63, 3.8) is 0 Å². The van der Waals surface area contributed by atoms with Crippen molar-refractivity contribution in [1.82, 2.24) is 15.1 Å². The zero-order valence-electron chi connectivity index (χ0n) is 11.6. The lowest BCUT2D eigenvalue weighted by Crippen LogP contribution is -2.52. The van der Waals surface area contributed by atoms with Gasteiger partial charge in [-0.2, -0.15) is 0 Å². The summed E-state index contributed by atoms with van der Waals surface area (Å²) < 4.78 is 0. The van der Waals surface area contributed by atoms with Crippen LogP contribution in [-0.4, -0.2) is 66.2 Å². The van der Waals surface area contributed by atoms with Crippen LogP contribution in [0.15, 0.2) is 0 Å². The molecule has 20 heavy (non-hydrogen) atoms. The molecule has 110 valence electrons. The van der Waals surface area contributed by atoms with E-state index in [-0.39, 0.29) is 24.2 Å². The number of piperazine rings is 1. The first kappa shape index (κ1) is 13.5. The number of hydrogen-bond donors (Lipinski definition) is 1. The van der Waals surface area contributed by atoms with E-state index < -0.39 is 5.91 Å². The van der Waals surface area contributed by atoms with Crippen LogP contribution in [-0.2, 0) is 14.4 Å². The molecular weight excluding hydrogens is 258 g/mol. The van der Waals surface area contributed by atoms with Crippen molar-refractivity contribution in [2.75, 3.05) is 32.7 Å². The van der Waals surface area contributed by atoms with E-state index in [0.717, 1.165) is 45.1 Å². The Morgan fingerprint density at radius 1 is 0.950 bits per heavy atom. The average Bonchev–Trinajstić information content (AvgIpc) is 3.34. The van der Waals surface area contributed by atoms with Crippen molar-refractivity contribution >= 4 is 17.6 Å².